The first-order chi connectivity index (χ1) is 15.9. The molecule has 0 aliphatic rings. The number of hydrogen-bond acceptors (Lipinski definition) is 6. The molecule has 0 radical (unpaired) electrons. The Morgan fingerprint density at radius 1 is 1.12 bits per heavy atom. The molecular formula is C24H25FN4O3S. The zero-order valence-electron chi connectivity index (χ0n) is 18.5. The smallest absolute Gasteiger partial charge is 0.316 e. The van der Waals surface area contributed by atoms with Gasteiger partial charge in [-0.15, -0.1) is 10.2 Å². The number of aromatic nitrogens is 3. The number of esters is 1. The van der Waals surface area contributed by atoms with Gasteiger partial charge in [0, 0.05) is 24.3 Å². The molecule has 0 saturated carbocycles. The Bertz CT molecular complexity index is 1120. The van der Waals surface area contributed by atoms with Gasteiger partial charge in [0.2, 0.25) is 0 Å². The van der Waals surface area contributed by atoms with E-state index in [1.807, 2.05) is 44.2 Å². The summed E-state index contributed by atoms with van der Waals surface area (Å²) >= 11 is 1.15. The van der Waals surface area contributed by atoms with E-state index in [1.54, 1.807) is 21.6 Å². The van der Waals surface area contributed by atoms with E-state index >= 15 is 0 Å². The minimum Gasteiger partial charge on any atom is -0.455 e. The molecule has 172 valence electrons. The number of hydrogen-bond donors (Lipinski definition) is 0. The van der Waals surface area contributed by atoms with E-state index < -0.39 is 5.97 Å². The molecule has 3 aromatic rings. The van der Waals surface area contributed by atoms with Gasteiger partial charge in [0.1, 0.15) is 5.82 Å². The highest BCUT2D eigenvalue weighted by atomic mass is 32.2. The van der Waals surface area contributed by atoms with Gasteiger partial charge in [0.15, 0.2) is 17.6 Å². The third kappa shape index (κ3) is 6.52. The zero-order chi connectivity index (χ0) is 23.8. The number of halogens is 1. The summed E-state index contributed by atoms with van der Waals surface area (Å²) in [7, 11) is 0. The summed E-state index contributed by atoms with van der Waals surface area (Å²) in [6, 6.07) is 15.4. The number of para-hydroxylation sites is 1. The molecule has 0 unspecified atom stereocenters. The number of amides is 1. The molecule has 0 N–H and O–H groups in total. The molecule has 0 aliphatic heterocycles. The van der Waals surface area contributed by atoms with E-state index in [9.17, 15) is 14.0 Å². The van der Waals surface area contributed by atoms with Crippen molar-refractivity contribution in [1.29, 1.82) is 0 Å². The molecule has 1 aromatic heterocycles. The molecular weight excluding hydrogens is 443 g/mol. The maximum Gasteiger partial charge on any atom is 0.316 e. The van der Waals surface area contributed by atoms with Crippen molar-refractivity contribution in [2.75, 3.05) is 25.4 Å². The van der Waals surface area contributed by atoms with Gasteiger partial charge in [-0.1, -0.05) is 42.1 Å². The van der Waals surface area contributed by atoms with Gasteiger partial charge in [0.05, 0.1) is 5.75 Å². The summed E-state index contributed by atoms with van der Waals surface area (Å²) in [6.07, 6.45) is 0. The maximum atomic E-state index is 13.4. The number of nitrogens with zero attached hydrogens (tertiary/aromatic N) is 4. The number of ether oxygens (including phenoxy) is 1. The predicted octanol–water partition coefficient (Wildman–Crippen LogP) is 4.13. The molecule has 0 saturated heterocycles. The maximum absolute atomic E-state index is 13.4. The molecule has 0 atom stereocenters. The number of thioether (sulfide) groups is 1. The van der Waals surface area contributed by atoms with Crippen LogP contribution in [0.3, 0.4) is 0 Å². The number of rotatable bonds is 10. The highest BCUT2D eigenvalue weighted by Crippen LogP contribution is 2.28. The highest BCUT2D eigenvalue weighted by molar-refractivity contribution is 7.99. The largest absolute Gasteiger partial charge is 0.455 e. The summed E-state index contributed by atoms with van der Waals surface area (Å²) in [5.74, 6) is -0.684. The normalized spacial score (nSPS) is 10.6. The van der Waals surface area contributed by atoms with E-state index in [2.05, 4.69) is 16.8 Å². The van der Waals surface area contributed by atoms with Crippen LogP contribution < -0.4 is 0 Å². The van der Waals surface area contributed by atoms with E-state index in [0.29, 0.717) is 29.6 Å². The number of carbonyl (C=O) groups is 2. The second-order valence-electron chi connectivity index (χ2n) is 7.30. The Morgan fingerprint density at radius 3 is 2.45 bits per heavy atom. The molecule has 33 heavy (non-hydrogen) atoms. The molecule has 7 nitrogen and oxygen atoms in total. The van der Waals surface area contributed by atoms with Gasteiger partial charge < -0.3 is 9.64 Å². The lowest BCUT2D eigenvalue weighted by Gasteiger charge is -2.20. The first-order valence-corrected chi connectivity index (χ1v) is 11.3. The van der Waals surface area contributed by atoms with Gasteiger partial charge in [-0.2, -0.15) is 0 Å². The van der Waals surface area contributed by atoms with Crippen molar-refractivity contribution in [3.63, 3.8) is 0 Å². The number of carbonyl (C=O) groups excluding carboxylic acids is 2. The minimum absolute atomic E-state index is 0.0473. The summed E-state index contributed by atoms with van der Waals surface area (Å²) < 4.78 is 20.3. The van der Waals surface area contributed by atoms with Crippen LogP contribution in [0.4, 0.5) is 4.39 Å². The first kappa shape index (κ1) is 24.2. The van der Waals surface area contributed by atoms with E-state index in [0.717, 1.165) is 23.0 Å². The molecule has 2 aromatic carbocycles. The topological polar surface area (TPSA) is 77.3 Å². The molecule has 0 bridgehead atoms. The van der Waals surface area contributed by atoms with Crippen LogP contribution in [0.25, 0.3) is 17.1 Å². The van der Waals surface area contributed by atoms with Crippen molar-refractivity contribution in [3.05, 3.63) is 72.6 Å². The quantitative estimate of drug-likeness (QED) is 0.253. The van der Waals surface area contributed by atoms with Crippen molar-refractivity contribution in [1.82, 2.24) is 19.7 Å². The fourth-order valence-corrected chi connectivity index (χ4v) is 3.81. The number of likely N-dealkylation sites (N-methyl/N-ethyl adjacent to an activating group) is 1. The van der Waals surface area contributed by atoms with Crippen LogP contribution in [0.1, 0.15) is 13.8 Å². The molecule has 0 aliphatic carbocycles. The van der Waals surface area contributed by atoms with E-state index in [4.69, 9.17) is 4.74 Å². The van der Waals surface area contributed by atoms with Gasteiger partial charge >= 0.3 is 5.97 Å². The Labute approximate surface area is 196 Å². The van der Waals surface area contributed by atoms with Crippen molar-refractivity contribution < 1.29 is 18.7 Å². The molecule has 1 heterocycles. The van der Waals surface area contributed by atoms with Crippen LogP contribution in [0.5, 0.6) is 0 Å². The van der Waals surface area contributed by atoms with Crippen molar-refractivity contribution >= 4 is 23.6 Å². The van der Waals surface area contributed by atoms with Crippen LogP contribution in [0.2, 0.25) is 0 Å². The van der Waals surface area contributed by atoms with Crippen molar-refractivity contribution in [2.45, 2.75) is 19.0 Å². The Balaban J connectivity index is 1.71. The van der Waals surface area contributed by atoms with Crippen molar-refractivity contribution in [2.24, 2.45) is 0 Å². The minimum atomic E-state index is -0.536. The monoisotopic (exact) mass is 468 g/mol. The van der Waals surface area contributed by atoms with Crippen LogP contribution in [-0.4, -0.2) is 57.0 Å². The average molecular weight is 469 g/mol. The lowest BCUT2D eigenvalue weighted by Crippen LogP contribution is -2.35. The summed E-state index contributed by atoms with van der Waals surface area (Å²) in [5.41, 5.74) is 2.33. The van der Waals surface area contributed by atoms with E-state index in [1.165, 1.54) is 12.1 Å². The molecule has 1 amide bonds. The zero-order valence-corrected chi connectivity index (χ0v) is 19.3. The molecule has 0 fully saturated rings. The second kappa shape index (κ2) is 11.4. The third-order valence-corrected chi connectivity index (χ3v) is 5.52. The predicted molar refractivity (Wildman–Crippen MR) is 126 cm³/mol. The second-order valence-corrected chi connectivity index (χ2v) is 8.24. The average Bonchev–Trinajstić information content (AvgIpc) is 3.24. The Kier molecular flexibility index (Phi) is 8.37. The molecule has 0 spiro atoms. The molecule has 9 heteroatoms. The summed E-state index contributed by atoms with van der Waals surface area (Å²) in [4.78, 5) is 26.1. The van der Waals surface area contributed by atoms with Crippen molar-refractivity contribution in [3.8, 4) is 17.1 Å². The Hall–Kier alpha value is -3.46. The first-order valence-electron chi connectivity index (χ1n) is 10.4. The third-order valence-electron chi connectivity index (χ3n) is 4.62. The Morgan fingerprint density at radius 2 is 1.82 bits per heavy atom. The standard InChI is InChI=1S/C24H25FN4O3S/c1-4-28(14-17(2)3)21(30)15-32-22(31)16-33-24-27-26-23(18-10-12-19(25)13-11-18)29(24)20-8-6-5-7-9-20/h5-13H,2,4,14-16H2,1,3H3. The fourth-order valence-electron chi connectivity index (χ4n) is 3.06. The fraction of sp³-hybridized carbons (Fsp3) is 0.250. The van der Waals surface area contributed by atoms with E-state index in [-0.39, 0.29) is 24.1 Å². The summed E-state index contributed by atoms with van der Waals surface area (Å²) in [6.45, 7) is 8.10. The number of benzene rings is 2. The van der Waals surface area contributed by atoms with Crippen LogP contribution >= 0.6 is 11.8 Å². The highest BCUT2D eigenvalue weighted by Gasteiger charge is 2.19. The van der Waals surface area contributed by atoms with Gasteiger partial charge in [0.25, 0.3) is 5.91 Å². The van der Waals surface area contributed by atoms with Crippen LogP contribution in [-0.2, 0) is 14.3 Å². The SMILES string of the molecule is C=C(C)CN(CC)C(=O)COC(=O)CSc1nnc(-c2ccc(F)cc2)n1-c1ccccc1. The summed E-state index contributed by atoms with van der Waals surface area (Å²) in [5, 5.41) is 8.95. The van der Waals surface area contributed by atoms with Crippen LogP contribution in [0, 0.1) is 5.82 Å². The molecule has 3 rings (SSSR count). The lowest BCUT2D eigenvalue weighted by molar-refractivity contribution is -0.149. The van der Waals surface area contributed by atoms with Gasteiger partial charge in [-0.05, 0) is 50.2 Å². The van der Waals surface area contributed by atoms with Crippen LogP contribution in [0.15, 0.2) is 71.9 Å². The van der Waals surface area contributed by atoms with Gasteiger partial charge in [-0.25, -0.2) is 4.39 Å². The van der Waals surface area contributed by atoms with Gasteiger partial charge in [-0.3, -0.25) is 14.2 Å². The lowest BCUT2D eigenvalue weighted by atomic mass is 10.2.